The second-order valence-corrected chi connectivity index (χ2v) is 9.75. The molecule has 4 heteroatoms. The SMILES string of the molecule is C[C@@]12CCC[C@H]1[C@@H]1CCC3=CC(=O)C=C(C(=O)SCF)[C@]3(C)[C@H]1CC2. The Hall–Kier alpha value is -0.900. The minimum absolute atomic E-state index is 0.102. The lowest BCUT2D eigenvalue weighted by molar-refractivity contribution is -0.114. The van der Waals surface area contributed by atoms with Crippen LogP contribution in [-0.4, -0.2) is 16.9 Å². The molecule has 0 spiro atoms. The lowest BCUT2D eigenvalue weighted by Crippen LogP contribution is -2.50. The molecule has 3 fully saturated rings. The number of hydrogen-bond acceptors (Lipinski definition) is 3. The molecule has 25 heavy (non-hydrogen) atoms. The predicted octanol–water partition coefficient (Wildman–Crippen LogP) is 5.24. The van der Waals surface area contributed by atoms with E-state index in [0.29, 0.717) is 34.6 Å². The van der Waals surface area contributed by atoms with Crippen LogP contribution in [0.2, 0.25) is 0 Å². The van der Waals surface area contributed by atoms with Crippen molar-refractivity contribution in [1.29, 1.82) is 0 Å². The summed E-state index contributed by atoms with van der Waals surface area (Å²) in [5.74, 6) is 1.68. The summed E-state index contributed by atoms with van der Waals surface area (Å²) in [6, 6.07) is -0.728. The minimum atomic E-state index is -0.728. The van der Waals surface area contributed by atoms with Crippen LogP contribution in [-0.2, 0) is 9.59 Å². The van der Waals surface area contributed by atoms with Crippen molar-refractivity contribution >= 4 is 22.7 Å². The Labute approximate surface area is 153 Å². The van der Waals surface area contributed by atoms with E-state index in [1.54, 1.807) is 6.08 Å². The van der Waals surface area contributed by atoms with Crippen LogP contribution in [0.4, 0.5) is 4.39 Å². The number of hydrogen-bond donors (Lipinski definition) is 0. The highest BCUT2D eigenvalue weighted by molar-refractivity contribution is 8.14. The van der Waals surface area contributed by atoms with Crippen molar-refractivity contribution in [2.24, 2.45) is 28.6 Å². The van der Waals surface area contributed by atoms with E-state index in [1.165, 1.54) is 31.8 Å². The van der Waals surface area contributed by atoms with Gasteiger partial charge in [-0.05, 0) is 85.6 Å². The molecular weight excluding hydrogens is 335 g/mol. The van der Waals surface area contributed by atoms with Gasteiger partial charge in [-0.25, -0.2) is 4.39 Å². The lowest BCUT2D eigenvalue weighted by Gasteiger charge is -2.57. The number of carbonyl (C=O) groups is 2. The third kappa shape index (κ3) is 2.50. The van der Waals surface area contributed by atoms with Crippen molar-refractivity contribution < 1.29 is 14.0 Å². The van der Waals surface area contributed by atoms with Crippen molar-refractivity contribution in [3.8, 4) is 0 Å². The standard InChI is InChI=1S/C21H27FO2S/c1-20-8-3-4-16(20)15-6-5-13-10-14(23)11-18(19(24)25-12-22)21(13,2)17(15)7-9-20/h10-11,15-17H,3-9,12H2,1-2H3/t15-,16-,17-,20-,21-/m0/s1. The van der Waals surface area contributed by atoms with Crippen LogP contribution < -0.4 is 0 Å². The smallest absolute Gasteiger partial charge is 0.218 e. The fourth-order valence-corrected chi connectivity index (χ4v) is 7.24. The van der Waals surface area contributed by atoms with Gasteiger partial charge in [0.25, 0.3) is 0 Å². The maximum atomic E-state index is 12.8. The van der Waals surface area contributed by atoms with E-state index in [4.69, 9.17) is 0 Å². The van der Waals surface area contributed by atoms with Crippen LogP contribution in [0.5, 0.6) is 0 Å². The summed E-state index contributed by atoms with van der Waals surface area (Å²) in [6.45, 7) is 4.61. The molecule has 0 radical (unpaired) electrons. The summed E-state index contributed by atoms with van der Waals surface area (Å²) in [6.07, 6.45) is 11.6. The summed E-state index contributed by atoms with van der Waals surface area (Å²) >= 11 is 0.699. The van der Waals surface area contributed by atoms with Crippen LogP contribution in [0.15, 0.2) is 23.3 Å². The molecule has 0 aromatic carbocycles. The zero-order valence-corrected chi connectivity index (χ0v) is 16.0. The molecule has 0 bridgehead atoms. The Balaban J connectivity index is 1.74. The quantitative estimate of drug-likeness (QED) is 0.673. The van der Waals surface area contributed by atoms with E-state index in [0.717, 1.165) is 30.8 Å². The Morgan fingerprint density at radius 3 is 2.76 bits per heavy atom. The molecule has 0 aromatic rings. The van der Waals surface area contributed by atoms with Gasteiger partial charge in [0.2, 0.25) is 5.12 Å². The summed E-state index contributed by atoms with van der Waals surface area (Å²) in [5.41, 5.74) is 1.77. The monoisotopic (exact) mass is 362 g/mol. The maximum absolute atomic E-state index is 12.8. The fourth-order valence-electron chi connectivity index (χ4n) is 6.72. The van der Waals surface area contributed by atoms with Gasteiger partial charge in [-0.2, -0.15) is 0 Å². The Morgan fingerprint density at radius 1 is 1.20 bits per heavy atom. The second-order valence-electron chi connectivity index (χ2n) is 8.87. The van der Waals surface area contributed by atoms with Crippen LogP contribution in [0.25, 0.3) is 0 Å². The van der Waals surface area contributed by atoms with E-state index in [2.05, 4.69) is 13.8 Å². The first kappa shape index (κ1) is 17.5. The molecule has 4 rings (SSSR count). The minimum Gasteiger partial charge on any atom is -0.290 e. The van der Waals surface area contributed by atoms with Crippen LogP contribution in [0.3, 0.4) is 0 Å². The molecule has 4 aliphatic rings. The van der Waals surface area contributed by atoms with E-state index >= 15 is 0 Å². The third-order valence-corrected chi connectivity index (χ3v) is 8.53. The molecule has 136 valence electrons. The summed E-state index contributed by atoms with van der Waals surface area (Å²) in [7, 11) is 0. The Bertz CT molecular complexity index is 681. The Kier molecular flexibility index (Phi) is 4.25. The van der Waals surface area contributed by atoms with Crippen molar-refractivity contribution in [2.75, 3.05) is 6.01 Å². The predicted molar refractivity (Wildman–Crippen MR) is 98.7 cm³/mol. The molecule has 0 N–H and O–H groups in total. The highest BCUT2D eigenvalue weighted by Gasteiger charge is 2.58. The molecule has 2 nitrogen and oxygen atoms in total. The fraction of sp³-hybridized carbons (Fsp3) is 0.714. The van der Waals surface area contributed by atoms with Crippen LogP contribution >= 0.6 is 11.8 Å². The normalized spacial score (nSPS) is 42.8. The maximum Gasteiger partial charge on any atom is 0.218 e. The third-order valence-electron chi connectivity index (χ3n) is 7.94. The van der Waals surface area contributed by atoms with Gasteiger partial charge in [0.15, 0.2) is 5.78 Å². The Morgan fingerprint density at radius 2 is 2.00 bits per heavy atom. The van der Waals surface area contributed by atoms with E-state index in [9.17, 15) is 14.0 Å². The molecule has 0 heterocycles. The first-order valence-electron chi connectivity index (χ1n) is 9.60. The highest BCUT2D eigenvalue weighted by atomic mass is 32.2. The van der Waals surface area contributed by atoms with Crippen LogP contribution in [0.1, 0.15) is 58.8 Å². The van der Waals surface area contributed by atoms with Gasteiger partial charge in [0, 0.05) is 11.0 Å². The molecule has 0 amide bonds. The molecule has 0 aromatic heterocycles. The van der Waals surface area contributed by atoms with Gasteiger partial charge < -0.3 is 0 Å². The summed E-state index contributed by atoms with van der Waals surface area (Å²) in [4.78, 5) is 24.8. The number of rotatable bonds is 2. The van der Waals surface area contributed by atoms with Crippen molar-refractivity contribution in [2.45, 2.75) is 58.8 Å². The van der Waals surface area contributed by atoms with Gasteiger partial charge in [0.1, 0.15) is 6.01 Å². The number of alkyl halides is 1. The highest BCUT2D eigenvalue weighted by Crippen LogP contribution is 2.65. The van der Waals surface area contributed by atoms with E-state index in [-0.39, 0.29) is 16.3 Å². The van der Waals surface area contributed by atoms with Gasteiger partial charge in [-0.15, -0.1) is 0 Å². The number of halogens is 1. The average molecular weight is 363 g/mol. The molecule has 0 aliphatic heterocycles. The zero-order valence-electron chi connectivity index (χ0n) is 15.1. The average Bonchev–Trinajstić information content (AvgIpc) is 2.97. The van der Waals surface area contributed by atoms with Crippen molar-refractivity contribution in [3.05, 3.63) is 23.3 Å². The number of carbonyl (C=O) groups excluding carboxylic acids is 2. The van der Waals surface area contributed by atoms with Gasteiger partial charge >= 0.3 is 0 Å². The molecule has 4 aliphatic carbocycles. The van der Waals surface area contributed by atoms with Gasteiger partial charge in [0.05, 0.1) is 0 Å². The summed E-state index contributed by atoms with van der Waals surface area (Å²) < 4.78 is 12.8. The lowest BCUT2D eigenvalue weighted by atomic mass is 9.47. The van der Waals surface area contributed by atoms with E-state index in [1.807, 2.05) is 0 Å². The molecule has 0 unspecified atom stereocenters. The largest absolute Gasteiger partial charge is 0.290 e. The van der Waals surface area contributed by atoms with Crippen molar-refractivity contribution in [3.63, 3.8) is 0 Å². The topological polar surface area (TPSA) is 34.1 Å². The van der Waals surface area contributed by atoms with Crippen LogP contribution in [0, 0.1) is 28.6 Å². The number of allylic oxidation sites excluding steroid dienone is 3. The zero-order chi connectivity index (χ0) is 17.8. The number of ketones is 1. The number of fused-ring (bicyclic) bond motifs is 5. The van der Waals surface area contributed by atoms with Gasteiger partial charge in [-0.1, -0.05) is 25.8 Å². The summed E-state index contributed by atoms with van der Waals surface area (Å²) in [5, 5.41) is -0.246. The first-order valence-corrected chi connectivity index (χ1v) is 10.6. The molecule has 5 atom stereocenters. The molecule has 3 saturated carbocycles. The van der Waals surface area contributed by atoms with Gasteiger partial charge in [-0.3, -0.25) is 9.59 Å². The van der Waals surface area contributed by atoms with Crippen molar-refractivity contribution in [1.82, 2.24) is 0 Å². The second kappa shape index (κ2) is 6.07. The molecular formula is C21H27FO2S. The molecule has 0 saturated heterocycles. The first-order chi connectivity index (χ1) is 11.9. The number of thioether (sulfide) groups is 1. The van der Waals surface area contributed by atoms with E-state index < -0.39 is 6.01 Å².